The van der Waals surface area contributed by atoms with E-state index in [1.807, 2.05) is 18.2 Å². The molecule has 1 aromatic carbocycles. The first-order valence-corrected chi connectivity index (χ1v) is 7.97. The second-order valence-electron chi connectivity index (χ2n) is 5.56. The van der Waals surface area contributed by atoms with Crippen LogP contribution in [0.1, 0.15) is 25.0 Å². The van der Waals surface area contributed by atoms with Crippen LogP contribution < -0.4 is 0 Å². The number of carboxylic acid groups (broad SMARTS) is 1. The lowest BCUT2D eigenvalue weighted by Gasteiger charge is -2.11. The highest BCUT2D eigenvalue weighted by Crippen LogP contribution is 2.51. The first-order valence-electron chi connectivity index (χ1n) is 6.81. The Labute approximate surface area is 122 Å². The number of hydrogen-bond acceptors (Lipinski definition) is 3. The molecule has 20 heavy (non-hydrogen) atoms. The third-order valence-corrected chi connectivity index (χ3v) is 5.11. The van der Waals surface area contributed by atoms with Gasteiger partial charge in [0.15, 0.2) is 0 Å². The maximum Gasteiger partial charge on any atom is 0.303 e. The zero-order valence-electron chi connectivity index (χ0n) is 11.2. The average molecular weight is 287 g/mol. The first kappa shape index (κ1) is 13.4. The first-order chi connectivity index (χ1) is 9.67. The highest BCUT2D eigenvalue weighted by Gasteiger charge is 2.43. The van der Waals surface area contributed by atoms with Gasteiger partial charge in [0.2, 0.25) is 0 Å². The van der Waals surface area contributed by atoms with Crippen molar-refractivity contribution < 1.29 is 9.90 Å². The van der Waals surface area contributed by atoms with Gasteiger partial charge in [-0.2, -0.15) is 11.8 Å². The maximum atomic E-state index is 10.8. The molecule has 1 N–H and O–H groups in total. The summed E-state index contributed by atoms with van der Waals surface area (Å²) in [5.41, 5.74) is 2.16. The van der Waals surface area contributed by atoms with E-state index in [9.17, 15) is 4.79 Å². The van der Waals surface area contributed by atoms with Crippen LogP contribution in [-0.2, 0) is 10.5 Å². The molecule has 1 fully saturated rings. The van der Waals surface area contributed by atoms with Crippen molar-refractivity contribution in [2.75, 3.05) is 5.75 Å². The summed E-state index contributed by atoms with van der Waals surface area (Å²) in [6.07, 6.45) is 2.42. The van der Waals surface area contributed by atoms with E-state index >= 15 is 0 Å². The van der Waals surface area contributed by atoms with Crippen molar-refractivity contribution in [2.24, 2.45) is 5.41 Å². The number of nitrogens with zero attached hydrogens (tertiary/aromatic N) is 1. The van der Waals surface area contributed by atoms with Crippen molar-refractivity contribution in [3.8, 4) is 0 Å². The number of rotatable bonds is 6. The zero-order valence-corrected chi connectivity index (χ0v) is 12.0. The molecule has 1 aliphatic rings. The minimum absolute atomic E-state index is 0.0628. The van der Waals surface area contributed by atoms with E-state index in [0.29, 0.717) is 6.42 Å². The number of aliphatic carboxylic acids is 1. The maximum absolute atomic E-state index is 10.8. The van der Waals surface area contributed by atoms with E-state index in [1.165, 1.54) is 0 Å². The van der Waals surface area contributed by atoms with Gasteiger partial charge in [-0.05, 0) is 36.1 Å². The SMILES string of the molecule is O=C(O)CC1(CSCc2ccc3ccccc3n2)CC1. The zero-order chi connectivity index (χ0) is 14.0. The van der Waals surface area contributed by atoms with Crippen molar-refractivity contribution in [3.05, 3.63) is 42.1 Å². The van der Waals surface area contributed by atoms with E-state index in [1.54, 1.807) is 11.8 Å². The molecule has 0 saturated heterocycles. The molecule has 0 amide bonds. The summed E-state index contributed by atoms with van der Waals surface area (Å²) in [5, 5.41) is 10.1. The fraction of sp³-hybridized carbons (Fsp3) is 0.375. The molecule has 104 valence electrons. The Balaban J connectivity index is 1.59. The molecule has 0 atom stereocenters. The molecule has 2 aromatic rings. The normalized spacial score (nSPS) is 16.2. The molecule has 1 heterocycles. The van der Waals surface area contributed by atoms with Crippen molar-refractivity contribution >= 4 is 28.6 Å². The lowest BCUT2D eigenvalue weighted by atomic mass is 10.1. The van der Waals surface area contributed by atoms with Gasteiger partial charge in [-0.25, -0.2) is 0 Å². The molecule has 1 aliphatic carbocycles. The van der Waals surface area contributed by atoms with Gasteiger partial charge in [-0.1, -0.05) is 24.3 Å². The monoisotopic (exact) mass is 287 g/mol. The third kappa shape index (κ3) is 3.12. The Morgan fingerprint density at radius 3 is 2.80 bits per heavy atom. The predicted octanol–water partition coefficient (Wildman–Crippen LogP) is 3.72. The molecule has 1 saturated carbocycles. The molecule has 0 aliphatic heterocycles. The lowest BCUT2D eigenvalue weighted by Crippen LogP contribution is -2.11. The summed E-state index contributed by atoms with van der Waals surface area (Å²) < 4.78 is 0. The molecule has 0 spiro atoms. The number of pyridine rings is 1. The highest BCUT2D eigenvalue weighted by atomic mass is 32.2. The fourth-order valence-corrected chi connectivity index (χ4v) is 3.73. The quantitative estimate of drug-likeness (QED) is 0.879. The number of fused-ring (bicyclic) bond motifs is 1. The van der Waals surface area contributed by atoms with Gasteiger partial charge in [-0.15, -0.1) is 0 Å². The average Bonchev–Trinajstić information content (AvgIpc) is 3.17. The van der Waals surface area contributed by atoms with Crippen molar-refractivity contribution in [1.82, 2.24) is 4.98 Å². The second-order valence-corrected chi connectivity index (χ2v) is 6.54. The van der Waals surface area contributed by atoms with Crippen molar-refractivity contribution in [1.29, 1.82) is 0 Å². The Hall–Kier alpha value is -1.55. The number of aromatic nitrogens is 1. The largest absolute Gasteiger partial charge is 0.481 e. The van der Waals surface area contributed by atoms with E-state index < -0.39 is 5.97 Å². The van der Waals surface area contributed by atoms with Gasteiger partial charge in [0.05, 0.1) is 17.6 Å². The summed E-state index contributed by atoms with van der Waals surface area (Å²) in [6, 6.07) is 12.3. The number of para-hydroxylation sites is 1. The fourth-order valence-electron chi connectivity index (χ4n) is 2.43. The van der Waals surface area contributed by atoms with Crippen molar-refractivity contribution in [2.45, 2.75) is 25.0 Å². The number of thioether (sulfide) groups is 1. The van der Waals surface area contributed by atoms with Gasteiger partial charge in [-0.3, -0.25) is 9.78 Å². The lowest BCUT2D eigenvalue weighted by molar-refractivity contribution is -0.138. The van der Waals surface area contributed by atoms with Crippen LogP contribution in [0.4, 0.5) is 0 Å². The Bertz CT molecular complexity index is 637. The summed E-state index contributed by atoms with van der Waals surface area (Å²) in [6.45, 7) is 0. The molecule has 0 radical (unpaired) electrons. The smallest absolute Gasteiger partial charge is 0.303 e. The van der Waals surface area contributed by atoms with Gasteiger partial charge in [0.1, 0.15) is 0 Å². The van der Waals surface area contributed by atoms with E-state index in [2.05, 4.69) is 23.2 Å². The van der Waals surface area contributed by atoms with Crippen LogP contribution in [0.5, 0.6) is 0 Å². The van der Waals surface area contributed by atoms with Crippen LogP contribution >= 0.6 is 11.8 Å². The molecular weight excluding hydrogens is 270 g/mol. The number of carbonyl (C=O) groups is 1. The Kier molecular flexibility index (Phi) is 3.66. The number of carboxylic acids is 1. The van der Waals surface area contributed by atoms with Gasteiger partial charge in [0.25, 0.3) is 0 Å². The summed E-state index contributed by atoms with van der Waals surface area (Å²) in [5.74, 6) is 1.10. The number of benzene rings is 1. The summed E-state index contributed by atoms with van der Waals surface area (Å²) >= 11 is 1.80. The standard InChI is InChI=1S/C16H17NO2S/c18-15(19)9-16(7-8-16)11-20-10-13-6-5-12-3-1-2-4-14(12)17-13/h1-6H,7-11H2,(H,18,19). The minimum Gasteiger partial charge on any atom is -0.481 e. The predicted molar refractivity (Wildman–Crippen MR) is 81.8 cm³/mol. The molecule has 0 bridgehead atoms. The van der Waals surface area contributed by atoms with Crippen LogP contribution in [0.15, 0.2) is 36.4 Å². The molecular formula is C16H17NO2S. The topological polar surface area (TPSA) is 50.2 Å². The second kappa shape index (κ2) is 5.44. The highest BCUT2D eigenvalue weighted by molar-refractivity contribution is 7.98. The van der Waals surface area contributed by atoms with Crippen LogP contribution in [0.3, 0.4) is 0 Å². The Morgan fingerprint density at radius 2 is 2.05 bits per heavy atom. The molecule has 3 rings (SSSR count). The number of hydrogen-bond donors (Lipinski definition) is 1. The van der Waals surface area contributed by atoms with Crippen LogP contribution in [0, 0.1) is 5.41 Å². The van der Waals surface area contributed by atoms with Gasteiger partial charge >= 0.3 is 5.97 Å². The Morgan fingerprint density at radius 1 is 1.25 bits per heavy atom. The third-order valence-electron chi connectivity index (χ3n) is 3.80. The summed E-state index contributed by atoms with van der Waals surface area (Å²) in [7, 11) is 0. The summed E-state index contributed by atoms with van der Waals surface area (Å²) in [4.78, 5) is 15.5. The van der Waals surface area contributed by atoms with E-state index in [-0.39, 0.29) is 5.41 Å². The minimum atomic E-state index is -0.674. The molecule has 3 nitrogen and oxygen atoms in total. The molecule has 4 heteroatoms. The molecule has 1 aromatic heterocycles. The van der Waals surface area contributed by atoms with Crippen LogP contribution in [0.25, 0.3) is 10.9 Å². The van der Waals surface area contributed by atoms with E-state index in [0.717, 1.165) is 40.9 Å². The van der Waals surface area contributed by atoms with E-state index in [4.69, 9.17) is 5.11 Å². The van der Waals surface area contributed by atoms with Crippen LogP contribution in [-0.4, -0.2) is 21.8 Å². The van der Waals surface area contributed by atoms with Crippen molar-refractivity contribution in [3.63, 3.8) is 0 Å². The van der Waals surface area contributed by atoms with Gasteiger partial charge < -0.3 is 5.11 Å². The molecule has 0 unspecified atom stereocenters. The van der Waals surface area contributed by atoms with Crippen LogP contribution in [0.2, 0.25) is 0 Å². The van der Waals surface area contributed by atoms with Gasteiger partial charge in [0, 0.05) is 11.1 Å².